The molecule has 0 saturated carbocycles. The number of aromatic carboxylic acids is 1. The molecular formula is C15H10BrClN2O2. The van der Waals surface area contributed by atoms with Crippen LogP contribution in [0.2, 0.25) is 5.02 Å². The Bertz CT molecular complexity index is 873. The molecule has 1 aromatic heterocycles. The SMILES string of the molecule is Cc1nc2cccc(C(=O)O)c2n1-c1ccc(Br)c(Cl)c1. The van der Waals surface area contributed by atoms with Crippen molar-refractivity contribution in [1.82, 2.24) is 9.55 Å². The molecule has 3 aromatic rings. The number of aromatic nitrogens is 2. The largest absolute Gasteiger partial charge is 0.478 e. The Hall–Kier alpha value is -1.85. The highest BCUT2D eigenvalue weighted by Gasteiger charge is 2.17. The Morgan fingerprint density at radius 2 is 2.10 bits per heavy atom. The van der Waals surface area contributed by atoms with E-state index in [9.17, 15) is 9.90 Å². The third kappa shape index (κ3) is 2.32. The maximum atomic E-state index is 11.5. The molecule has 0 aliphatic rings. The highest BCUT2D eigenvalue weighted by molar-refractivity contribution is 9.10. The topological polar surface area (TPSA) is 55.1 Å². The third-order valence-electron chi connectivity index (χ3n) is 3.24. The number of fused-ring (bicyclic) bond motifs is 1. The van der Waals surface area contributed by atoms with Gasteiger partial charge in [-0.2, -0.15) is 0 Å². The zero-order chi connectivity index (χ0) is 15.1. The summed E-state index contributed by atoms with van der Waals surface area (Å²) in [6, 6.07) is 10.5. The van der Waals surface area contributed by atoms with E-state index in [1.807, 2.05) is 19.1 Å². The van der Waals surface area contributed by atoms with Crippen molar-refractivity contribution in [2.75, 3.05) is 0 Å². The van der Waals surface area contributed by atoms with Crippen molar-refractivity contribution in [3.8, 4) is 5.69 Å². The van der Waals surface area contributed by atoms with Crippen molar-refractivity contribution in [2.45, 2.75) is 6.92 Å². The summed E-state index contributed by atoms with van der Waals surface area (Å²) in [5.74, 6) is -0.276. The second-order valence-corrected chi connectivity index (χ2v) is 5.83. The second kappa shape index (κ2) is 5.16. The van der Waals surface area contributed by atoms with Gasteiger partial charge in [0.25, 0.3) is 0 Å². The van der Waals surface area contributed by atoms with Crippen molar-refractivity contribution < 1.29 is 9.90 Å². The van der Waals surface area contributed by atoms with E-state index in [-0.39, 0.29) is 5.56 Å². The lowest BCUT2D eigenvalue weighted by atomic mass is 10.1. The molecule has 1 N–H and O–H groups in total. The number of imidazole rings is 1. The van der Waals surface area contributed by atoms with E-state index >= 15 is 0 Å². The van der Waals surface area contributed by atoms with Gasteiger partial charge in [-0.15, -0.1) is 0 Å². The van der Waals surface area contributed by atoms with Crippen LogP contribution in [0.3, 0.4) is 0 Å². The van der Waals surface area contributed by atoms with E-state index in [4.69, 9.17) is 11.6 Å². The van der Waals surface area contributed by atoms with Crippen LogP contribution in [0.4, 0.5) is 0 Å². The number of aryl methyl sites for hydroxylation is 1. The smallest absolute Gasteiger partial charge is 0.337 e. The fourth-order valence-electron chi connectivity index (χ4n) is 2.36. The minimum absolute atomic E-state index is 0.215. The number of carbonyl (C=O) groups is 1. The van der Waals surface area contributed by atoms with Crippen LogP contribution in [-0.4, -0.2) is 20.6 Å². The summed E-state index contributed by atoms with van der Waals surface area (Å²) < 4.78 is 2.59. The molecule has 0 fully saturated rings. The summed E-state index contributed by atoms with van der Waals surface area (Å²) in [5, 5.41) is 9.94. The molecule has 0 unspecified atom stereocenters. The molecule has 0 amide bonds. The maximum Gasteiger partial charge on any atom is 0.337 e. The number of hydrogen-bond donors (Lipinski definition) is 1. The van der Waals surface area contributed by atoms with E-state index < -0.39 is 5.97 Å². The van der Waals surface area contributed by atoms with Gasteiger partial charge in [-0.25, -0.2) is 9.78 Å². The lowest BCUT2D eigenvalue weighted by Gasteiger charge is -2.09. The van der Waals surface area contributed by atoms with E-state index in [0.717, 1.165) is 10.2 Å². The molecule has 0 radical (unpaired) electrons. The minimum Gasteiger partial charge on any atom is -0.478 e. The zero-order valence-corrected chi connectivity index (χ0v) is 13.3. The van der Waals surface area contributed by atoms with Crippen molar-refractivity contribution in [3.05, 3.63) is 57.3 Å². The van der Waals surface area contributed by atoms with Gasteiger partial charge in [0.05, 0.1) is 21.6 Å². The second-order valence-electron chi connectivity index (χ2n) is 4.57. The first-order valence-electron chi connectivity index (χ1n) is 6.16. The molecule has 1 heterocycles. The Labute approximate surface area is 134 Å². The van der Waals surface area contributed by atoms with Crippen LogP contribution in [-0.2, 0) is 0 Å². The molecule has 3 rings (SSSR count). The normalized spacial score (nSPS) is 11.0. The van der Waals surface area contributed by atoms with E-state index in [1.54, 1.807) is 28.8 Å². The fraction of sp³-hybridized carbons (Fsp3) is 0.0667. The molecule has 0 aliphatic heterocycles. The highest BCUT2D eigenvalue weighted by Crippen LogP contribution is 2.29. The number of rotatable bonds is 2. The van der Waals surface area contributed by atoms with Gasteiger partial charge in [0, 0.05) is 10.2 Å². The number of para-hydroxylation sites is 1. The van der Waals surface area contributed by atoms with Gasteiger partial charge in [-0.05, 0) is 53.2 Å². The molecule has 2 aromatic carbocycles. The predicted octanol–water partition coefficient (Wildman–Crippen LogP) is 4.45. The molecule has 0 bridgehead atoms. The Morgan fingerprint density at radius 1 is 1.33 bits per heavy atom. The van der Waals surface area contributed by atoms with E-state index in [1.165, 1.54) is 0 Å². The maximum absolute atomic E-state index is 11.5. The summed E-state index contributed by atoms with van der Waals surface area (Å²) in [6.07, 6.45) is 0. The molecule has 21 heavy (non-hydrogen) atoms. The standard InChI is InChI=1S/C15H10BrClN2O2/c1-8-18-13-4-2-3-10(15(20)21)14(13)19(8)9-5-6-11(16)12(17)7-9/h2-7H,1H3,(H,20,21). The molecule has 0 spiro atoms. The van der Waals surface area contributed by atoms with Crippen molar-refractivity contribution in [2.24, 2.45) is 0 Å². The molecule has 0 saturated heterocycles. The van der Waals surface area contributed by atoms with Gasteiger partial charge in [-0.1, -0.05) is 17.7 Å². The molecule has 0 atom stereocenters. The van der Waals surface area contributed by atoms with Gasteiger partial charge in [0.15, 0.2) is 0 Å². The summed E-state index contributed by atoms with van der Waals surface area (Å²) in [4.78, 5) is 15.9. The predicted molar refractivity (Wildman–Crippen MR) is 85.5 cm³/mol. The summed E-state index contributed by atoms with van der Waals surface area (Å²) in [6.45, 7) is 1.83. The minimum atomic E-state index is -0.982. The van der Waals surface area contributed by atoms with Gasteiger partial charge < -0.3 is 5.11 Å². The number of benzene rings is 2. The number of carboxylic acid groups (broad SMARTS) is 1. The van der Waals surface area contributed by atoms with Crippen LogP contribution in [0.15, 0.2) is 40.9 Å². The Morgan fingerprint density at radius 3 is 2.76 bits per heavy atom. The average molecular weight is 366 g/mol. The number of halogens is 2. The van der Waals surface area contributed by atoms with Crippen molar-refractivity contribution >= 4 is 44.5 Å². The Balaban J connectivity index is 2.38. The van der Waals surface area contributed by atoms with Gasteiger partial charge in [-0.3, -0.25) is 4.57 Å². The average Bonchev–Trinajstić information content (AvgIpc) is 2.77. The van der Waals surface area contributed by atoms with Crippen LogP contribution in [0.5, 0.6) is 0 Å². The fourth-order valence-corrected chi connectivity index (χ4v) is 2.78. The van der Waals surface area contributed by atoms with Crippen molar-refractivity contribution in [3.63, 3.8) is 0 Å². The van der Waals surface area contributed by atoms with E-state index in [2.05, 4.69) is 20.9 Å². The summed E-state index contributed by atoms with van der Waals surface area (Å²) in [7, 11) is 0. The molecular weight excluding hydrogens is 356 g/mol. The zero-order valence-electron chi connectivity index (χ0n) is 11.0. The van der Waals surface area contributed by atoms with Crippen molar-refractivity contribution in [1.29, 1.82) is 0 Å². The third-order valence-corrected chi connectivity index (χ3v) is 4.47. The number of hydrogen-bond acceptors (Lipinski definition) is 2. The van der Waals surface area contributed by atoms with Gasteiger partial charge >= 0.3 is 5.97 Å². The first kappa shape index (κ1) is 14.1. The van der Waals surface area contributed by atoms with Gasteiger partial charge in [0.1, 0.15) is 5.82 Å². The molecule has 6 heteroatoms. The van der Waals surface area contributed by atoms with Crippen LogP contribution in [0.25, 0.3) is 16.7 Å². The summed E-state index contributed by atoms with van der Waals surface area (Å²) >= 11 is 9.49. The van der Waals surface area contributed by atoms with Gasteiger partial charge in [0.2, 0.25) is 0 Å². The molecule has 106 valence electrons. The Kier molecular flexibility index (Phi) is 3.47. The number of carboxylic acids is 1. The molecule has 4 nitrogen and oxygen atoms in total. The lowest BCUT2D eigenvalue weighted by molar-refractivity contribution is 0.0698. The summed E-state index contributed by atoms with van der Waals surface area (Å²) in [5.41, 5.74) is 2.20. The van der Waals surface area contributed by atoms with Crippen LogP contribution < -0.4 is 0 Å². The highest BCUT2D eigenvalue weighted by atomic mass is 79.9. The number of nitrogens with zero attached hydrogens (tertiary/aromatic N) is 2. The van der Waals surface area contributed by atoms with E-state index in [0.29, 0.717) is 21.9 Å². The van der Waals surface area contributed by atoms with Crippen LogP contribution >= 0.6 is 27.5 Å². The quantitative estimate of drug-likeness (QED) is 0.730. The molecule has 0 aliphatic carbocycles. The van der Waals surface area contributed by atoms with Crippen LogP contribution in [0.1, 0.15) is 16.2 Å². The first-order valence-corrected chi connectivity index (χ1v) is 7.33. The van der Waals surface area contributed by atoms with Crippen LogP contribution in [0, 0.1) is 6.92 Å². The lowest BCUT2D eigenvalue weighted by Crippen LogP contribution is -2.03. The monoisotopic (exact) mass is 364 g/mol. The first-order chi connectivity index (χ1) is 9.99.